The molecule has 0 aliphatic carbocycles. The minimum Gasteiger partial charge on any atom is -0.350 e. The molecule has 0 radical (unpaired) electrons. The van der Waals surface area contributed by atoms with E-state index in [2.05, 4.69) is 25.3 Å². The molecule has 1 saturated heterocycles. The third kappa shape index (κ3) is 4.65. The summed E-state index contributed by atoms with van der Waals surface area (Å²) in [5, 5.41) is 6.17. The predicted molar refractivity (Wildman–Crippen MR) is 92.4 cm³/mol. The number of hydrogen-bond acceptors (Lipinski definition) is 5. The van der Waals surface area contributed by atoms with E-state index >= 15 is 0 Å². The van der Waals surface area contributed by atoms with Crippen molar-refractivity contribution in [3.05, 3.63) is 48.0 Å². The molecule has 4 N–H and O–H groups in total. The van der Waals surface area contributed by atoms with Crippen LogP contribution in [0.25, 0.3) is 0 Å². The Bertz CT molecular complexity index is 797. The van der Waals surface area contributed by atoms with Crippen molar-refractivity contribution in [2.24, 2.45) is 0 Å². The highest BCUT2D eigenvalue weighted by molar-refractivity contribution is 7.89. The summed E-state index contributed by atoms with van der Waals surface area (Å²) in [6, 6.07) is 6.19. The molecule has 134 valence electrons. The number of rotatable bonds is 7. The lowest BCUT2D eigenvalue weighted by Gasteiger charge is -2.12. The number of carbonyl (C=O) groups excluding carboxylic acids is 1. The lowest BCUT2D eigenvalue weighted by atomic mass is 10.2. The molecule has 1 aromatic heterocycles. The number of benzene rings is 1. The smallest absolute Gasteiger partial charge is 0.251 e. The van der Waals surface area contributed by atoms with Gasteiger partial charge in [0.05, 0.1) is 11.4 Å². The summed E-state index contributed by atoms with van der Waals surface area (Å²) in [4.78, 5) is 19.0. The number of imidazole rings is 1. The zero-order valence-electron chi connectivity index (χ0n) is 13.7. The van der Waals surface area contributed by atoms with Crippen LogP contribution in [0.2, 0.25) is 0 Å². The first-order chi connectivity index (χ1) is 12.0. The number of sulfonamides is 1. The van der Waals surface area contributed by atoms with Crippen LogP contribution < -0.4 is 15.4 Å². The second kappa shape index (κ2) is 7.77. The zero-order chi connectivity index (χ0) is 17.7. The molecule has 8 nitrogen and oxygen atoms in total. The molecule has 0 spiro atoms. The van der Waals surface area contributed by atoms with E-state index in [4.69, 9.17) is 0 Å². The number of aromatic amines is 1. The molecule has 1 unspecified atom stereocenters. The van der Waals surface area contributed by atoms with Crippen LogP contribution in [0.5, 0.6) is 0 Å². The molecule has 1 aromatic carbocycles. The molecule has 1 atom stereocenters. The van der Waals surface area contributed by atoms with Crippen LogP contribution in [-0.4, -0.2) is 43.4 Å². The molecule has 9 heteroatoms. The molecule has 3 rings (SSSR count). The van der Waals surface area contributed by atoms with Gasteiger partial charge in [0.1, 0.15) is 5.82 Å². The van der Waals surface area contributed by atoms with E-state index in [-0.39, 0.29) is 17.3 Å². The van der Waals surface area contributed by atoms with Gasteiger partial charge >= 0.3 is 0 Å². The fraction of sp³-hybridized carbons (Fsp3) is 0.375. The number of H-pyrrole nitrogens is 1. The van der Waals surface area contributed by atoms with Crippen LogP contribution in [-0.2, 0) is 16.6 Å². The van der Waals surface area contributed by atoms with Gasteiger partial charge in [-0.25, -0.2) is 18.1 Å². The highest BCUT2D eigenvalue weighted by Crippen LogP contribution is 2.11. The fourth-order valence-electron chi connectivity index (χ4n) is 2.68. The van der Waals surface area contributed by atoms with Crippen LogP contribution in [0.3, 0.4) is 0 Å². The molecule has 1 amide bonds. The third-order valence-electron chi connectivity index (χ3n) is 4.08. The van der Waals surface area contributed by atoms with Gasteiger partial charge in [0.25, 0.3) is 5.91 Å². The monoisotopic (exact) mass is 363 g/mol. The Morgan fingerprint density at radius 3 is 2.72 bits per heavy atom. The van der Waals surface area contributed by atoms with Crippen LogP contribution in [0.4, 0.5) is 0 Å². The molecular weight excluding hydrogens is 342 g/mol. The standard InChI is InChI=1S/C16H21N5O3S/c22-16(20-10-13-2-1-7-17-13)12-3-5-14(6-4-12)25(23,24)21-11-15-18-8-9-19-15/h3-6,8-9,13,17,21H,1-2,7,10-11H2,(H,18,19)(H,20,22). The fourth-order valence-corrected chi connectivity index (χ4v) is 3.66. The number of carbonyl (C=O) groups is 1. The quantitative estimate of drug-likeness (QED) is 0.567. The molecular formula is C16H21N5O3S. The summed E-state index contributed by atoms with van der Waals surface area (Å²) in [7, 11) is -3.66. The molecule has 25 heavy (non-hydrogen) atoms. The Morgan fingerprint density at radius 1 is 1.28 bits per heavy atom. The highest BCUT2D eigenvalue weighted by Gasteiger charge is 2.17. The Labute approximate surface area is 146 Å². The molecule has 1 aliphatic rings. The maximum absolute atomic E-state index is 12.2. The van der Waals surface area contributed by atoms with Gasteiger partial charge in [0.2, 0.25) is 10.0 Å². The number of nitrogens with zero attached hydrogens (tertiary/aromatic N) is 1. The van der Waals surface area contributed by atoms with Crippen molar-refractivity contribution in [1.82, 2.24) is 25.3 Å². The van der Waals surface area contributed by atoms with Crippen LogP contribution in [0.15, 0.2) is 41.6 Å². The average molecular weight is 363 g/mol. The minimum absolute atomic E-state index is 0.0754. The summed E-state index contributed by atoms with van der Waals surface area (Å²) < 4.78 is 27.0. The number of amides is 1. The van der Waals surface area contributed by atoms with E-state index in [1.807, 2.05) is 0 Å². The van der Waals surface area contributed by atoms with Gasteiger partial charge < -0.3 is 15.6 Å². The first-order valence-electron chi connectivity index (χ1n) is 8.14. The van der Waals surface area contributed by atoms with E-state index in [1.165, 1.54) is 24.3 Å². The van der Waals surface area contributed by atoms with Crippen LogP contribution in [0, 0.1) is 0 Å². The third-order valence-corrected chi connectivity index (χ3v) is 5.50. The molecule has 2 aromatic rings. The van der Waals surface area contributed by atoms with Crippen molar-refractivity contribution in [2.45, 2.75) is 30.3 Å². The second-order valence-electron chi connectivity index (χ2n) is 5.89. The molecule has 1 aliphatic heterocycles. The summed E-state index contributed by atoms with van der Waals surface area (Å²) in [6.07, 6.45) is 5.35. The van der Waals surface area contributed by atoms with E-state index in [0.717, 1.165) is 19.4 Å². The van der Waals surface area contributed by atoms with Gasteiger partial charge in [-0.05, 0) is 43.7 Å². The van der Waals surface area contributed by atoms with E-state index in [0.29, 0.717) is 24.0 Å². The van der Waals surface area contributed by atoms with Crippen LogP contribution >= 0.6 is 0 Å². The largest absolute Gasteiger partial charge is 0.350 e. The number of hydrogen-bond donors (Lipinski definition) is 4. The van der Waals surface area contributed by atoms with Gasteiger partial charge in [-0.15, -0.1) is 0 Å². The first-order valence-corrected chi connectivity index (χ1v) is 9.62. The Balaban J connectivity index is 1.57. The van der Waals surface area contributed by atoms with Crippen molar-refractivity contribution < 1.29 is 13.2 Å². The molecule has 1 fully saturated rings. The van der Waals surface area contributed by atoms with Gasteiger partial charge in [-0.2, -0.15) is 0 Å². The van der Waals surface area contributed by atoms with Crippen molar-refractivity contribution >= 4 is 15.9 Å². The van der Waals surface area contributed by atoms with Crippen molar-refractivity contribution in [3.63, 3.8) is 0 Å². The van der Waals surface area contributed by atoms with Gasteiger partial charge in [0.15, 0.2) is 0 Å². The van der Waals surface area contributed by atoms with Gasteiger partial charge in [-0.3, -0.25) is 4.79 Å². The highest BCUT2D eigenvalue weighted by atomic mass is 32.2. The van der Waals surface area contributed by atoms with E-state index in [1.54, 1.807) is 12.4 Å². The Kier molecular flexibility index (Phi) is 5.47. The lowest BCUT2D eigenvalue weighted by Crippen LogP contribution is -2.37. The van der Waals surface area contributed by atoms with E-state index < -0.39 is 10.0 Å². The molecule has 0 bridgehead atoms. The predicted octanol–water partition coefficient (Wildman–Crippen LogP) is 0.370. The summed E-state index contributed by atoms with van der Waals surface area (Å²) in [5.41, 5.74) is 0.433. The average Bonchev–Trinajstić information content (AvgIpc) is 3.31. The summed E-state index contributed by atoms with van der Waals surface area (Å²) in [5.74, 6) is 0.321. The topological polar surface area (TPSA) is 116 Å². The summed E-state index contributed by atoms with van der Waals surface area (Å²) in [6.45, 7) is 1.63. The first kappa shape index (κ1) is 17.6. The van der Waals surface area contributed by atoms with Crippen molar-refractivity contribution in [1.29, 1.82) is 0 Å². The van der Waals surface area contributed by atoms with Gasteiger partial charge in [-0.1, -0.05) is 0 Å². The number of nitrogens with one attached hydrogen (secondary N) is 4. The zero-order valence-corrected chi connectivity index (χ0v) is 14.5. The SMILES string of the molecule is O=C(NCC1CCCN1)c1ccc(S(=O)(=O)NCc2ncc[nH]2)cc1. The molecule has 2 heterocycles. The van der Waals surface area contributed by atoms with Crippen molar-refractivity contribution in [3.8, 4) is 0 Å². The minimum atomic E-state index is -3.66. The van der Waals surface area contributed by atoms with Gasteiger partial charge in [0, 0.05) is 30.5 Å². The summed E-state index contributed by atoms with van der Waals surface area (Å²) >= 11 is 0. The Hall–Kier alpha value is -2.23. The normalized spacial score (nSPS) is 17.5. The second-order valence-corrected chi connectivity index (χ2v) is 7.66. The maximum atomic E-state index is 12.2. The molecule has 0 saturated carbocycles. The van der Waals surface area contributed by atoms with Crippen LogP contribution in [0.1, 0.15) is 29.0 Å². The maximum Gasteiger partial charge on any atom is 0.251 e. The van der Waals surface area contributed by atoms with E-state index in [9.17, 15) is 13.2 Å². The Morgan fingerprint density at radius 2 is 2.08 bits per heavy atom. The lowest BCUT2D eigenvalue weighted by molar-refractivity contribution is 0.0950. The number of aromatic nitrogens is 2. The van der Waals surface area contributed by atoms with Crippen molar-refractivity contribution in [2.75, 3.05) is 13.1 Å².